The molecule has 0 aliphatic carbocycles. The highest BCUT2D eigenvalue weighted by atomic mass is 32.1. The summed E-state index contributed by atoms with van der Waals surface area (Å²) in [6.45, 7) is 0. The summed E-state index contributed by atoms with van der Waals surface area (Å²) >= 11 is 1.84. The topological polar surface area (TPSA) is 51.8 Å². The van der Waals surface area contributed by atoms with E-state index in [1.165, 1.54) is 25.6 Å². The van der Waals surface area contributed by atoms with Gasteiger partial charge in [0.1, 0.15) is 11.2 Å². The van der Waals surface area contributed by atoms with Gasteiger partial charge < -0.3 is 4.42 Å². The van der Waals surface area contributed by atoms with E-state index in [1.807, 2.05) is 47.7 Å². The SMILES string of the molecule is c1ccc(-c2nc(-c3ccc4c(c3)oc3ccccc34)cc(-c3ccc4nc(-c5ccccc5)c5ccc6sc7ccccc7c6c5c4c3)n2)cc1. The van der Waals surface area contributed by atoms with Crippen LogP contribution in [0.3, 0.4) is 0 Å². The van der Waals surface area contributed by atoms with Crippen molar-refractivity contribution in [1.82, 2.24) is 15.0 Å². The van der Waals surface area contributed by atoms with Crippen molar-refractivity contribution in [3.8, 4) is 45.2 Å². The first-order chi connectivity index (χ1) is 25.7. The molecule has 0 saturated heterocycles. The highest BCUT2D eigenvalue weighted by Crippen LogP contribution is 2.44. The lowest BCUT2D eigenvalue weighted by Crippen LogP contribution is -1.96. The summed E-state index contributed by atoms with van der Waals surface area (Å²) in [6, 6.07) is 57.1. The molecule has 0 bridgehead atoms. The molecule has 7 aromatic carbocycles. The first-order valence-electron chi connectivity index (χ1n) is 17.3. The monoisotopic (exact) mass is 681 g/mol. The highest BCUT2D eigenvalue weighted by Gasteiger charge is 2.18. The maximum absolute atomic E-state index is 6.28. The molecular formula is C47H27N3OS. The fourth-order valence-electron chi connectivity index (χ4n) is 7.63. The fraction of sp³-hybridized carbons (Fsp3) is 0. The molecule has 4 heterocycles. The van der Waals surface area contributed by atoms with E-state index < -0.39 is 0 Å². The molecular weight excluding hydrogens is 655 g/mol. The average Bonchev–Trinajstić information content (AvgIpc) is 3.79. The molecule has 0 fully saturated rings. The molecule has 5 heteroatoms. The number of hydrogen-bond donors (Lipinski definition) is 0. The van der Waals surface area contributed by atoms with Gasteiger partial charge >= 0.3 is 0 Å². The van der Waals surface area contributed by atoms with Crippen LogP contribution in [0.4, 0.5) is 0 Å². The molecule has 0 amide bonds. The molecule has 0 saturated carbocycles. The van der Waals surface area contributed by atoms with Crippen molar-refractivity contribution in [2.75, 3.05) is 0 Å². The van der Waals surface area contributed by atoms with E-state index in [2.05, 4.69) is 127 Å². The molecule has 0 spiro atoms. The quantitative estimate of drug-likeness (QED) is 0.174. The Morgan fingerprint density at radius 2 is 1.04 bits per heavy atom. The second-order valence-corrected chi connectivity index (χ2v) is 14.2. The van der Waals surface area contributed by atoms with E-state index in [1.54, 1.807) is 0 Å². The minimum Gasteiger partial charge on any atom is -0.456 e. The number of benzene rings is 7. The Hall–Kier alpha value is -6.69. The van der Waals surface area contributed by atoms with Gasteiger partial charge in [-0.25, -0.2) is 15.0 Å². The first kappa shape index (κ1) is 29.1. The highest BCUT2D eigenvalue weighted by molar-refractivity contribution is 7.26. The largest absolute Gasteiger partial charge is 0.456 e. The molecule has 242 valence electrons. The third kappa shape index (κ3) is 4.57. The molecule has 0 aliphatic rings. The van der Waals surface area contributed by atoms with Crippen LogP contribution in [0, 0.1) is 0 Å². The number of aromatic nitrogens is 3. The van der Waals surface area contributed by atoms with Crippen LogP contribution in [0.25, 0.3) is 109 Å². The summed E-state index contributed by atoms with van der Waals surface area (Å²) in [5.74, 6) is 0.673. The molecule has 11 rings (SSSR count). The van der Waals surface area contributed by atoms with Gasteiger partial charge in [0.2, 0.25) is 0 Å². The predicted octanol–water partition coefficient (Wildman–Crippen LogP) is 13.1. The number of thiophene rings is 1. The molecule has 0 N–H and O–H groups in total. The van der Waals surface area contributed by atoms with Crippen molar-refractivity contribution in [3.05, 3.63) is 164 Å². The van der Waals surface area contributed by atoms with E-state index >= 15 is 0 Å². The smallest absolute Gasteiger partial charge is 0.160 e. The number of pyridine rings is 1. The zero-order chi connectivity index (χ0) is 34.2. The van der Waals surface area contributed by atoms with Gasteiger partial charge in [-0.1, -0.05) is 115 Å². The molecule has 0 atom stereocenters. The van der Waals surface area contributed by atoms with Crippen molar-refractivity contribution in [2.24, 2.45) is 0 Å². The third-order valence-corrected chi connectivity index (χ3v) is 11.2. The van der Waals surface area contributed by atoms with E-state index in [9.17, 15) is 0 Å². The van der Waals surface area contributed by atoms with Crippen LogP contribution in [0.15, 0.2) is 168 Å². The summed E-state index contributed by atoms with van der Waals surface area (Å²) < 4.78 is 8.83. The lowest BCUT2D eigenvalue weighted by molar-refractivity contribution is 0.669. The van der Waals surface area contributed by atoms with Crippen LogP contribution in [0.1, 0.15) is 0 Å². The average molecular weight is 682 g/mol. The van der Waals surface area contributed by atoms with Crippen LogP contribution in [-0.2, 0) is 0 Å². The van der Waals surface area contributed by atoms with Gasteiger partial charge in [-0.05, 0) is 48.5 Å². The first-order valence-corrected chi connectivity index (χ1v) is 18.2. The Bertz CT molecular complexity index is 3180. The van der Waals surface area contributed by atoms with Crippen molar-refractivity contribution in [3.63, 3.8) is 0 Å². The molecule has 52 heavy (non-hydrogen) atoms. The number of rotatable bonds is 4. The van der Waals surface area contributed by atoms with E-state index in [4.69, 9.17) is 19.4 Å². The van der Waals surface area contributed by atoms with E-state index in [0.717, 1.165) is 77.6 Å². The Kier molecular flexibility index (Phi) is 6.39. The van der Waals surface area contributed by atoms with Crippen LogP contribution < -0.4 is 0 Å². The number of para-hydroxylation sites is 1. The van der Waals surface area contributed by atoms with Crippen LogP contribution in [-0.4, -0.2) is 15.0 Å². The standard InChI is InChI=1S/C47H27N3OS/c1-3-11-28(12-4-1)46-35-22-24-43-45(34-16-8-10-18-42(34)52-43)44(35)36-25-30(20-23-37(36)48-46)38-27-39(50-47(49-38)29-13-5-2-6-14-29)31-19-21-33-32-15-7-9-17-40(32)51-41(33)26-31/h1-27H. The zero-order valence-corrected chi connectivity index (χ0v) is 28.6. The van der Waals surface area contributed by atoms with Gasteiger partial charge in [0.25, 0.3) is 0 Å². The Labute approximate surface area is 302 Å². The van der Waals surface area contributed by atoms with Crippen LogP contribution in [0.5, 0.6) is 0 Å². The summed E-state index contributed by atoms with van der Waals surface area (Å²) in [7, 11) is 0. The minimum atomic E-state index is 0.673. The Morgan fingerprint density at radius 3 is 1.87 bits per heavy atom. The number of furan rings is 1. The van der Waals surface area contributed by atoms with Gasteiger partial charge in [-0.2, -0.15) is 0 Å². The summed E-state index contributed by atoms with van der Waals surface area (Å²) in [5.41, 5.74) is 9.37. The predicted molar refractivity (Wildman–Crippen MR) is 217 cm³/mol. The molecule has 4 nitrogen and oxygen atoms in total. The summed E-state index contributed by atoms with van der Waals surface area (Å²) in [6.07, 6.45) is 0. The lowest BCUT2D eigenvalue weighted by Gasteiger charge is -2.14. The number of hydrogen-bond acceptors (Lipinski definition) is 5. The second-order valence-electron chi connectivity index (χ2n) is 13.2. The maximum Gasteiger partial charge on any atom is 0.160 e. The van der Waals surface area contributed by atoms with Crippen molar-refractivity contribution in [1.29, 1.82) is 0 Å². The lowest BCUT2D eigenvalue weighted by atomic mass is 9.95. The van der Waals surface area contributed by atoms with E-state index in [0.29, 0.717) is 5.82 Å². The molecule has 4 aromatic heterocycles. The molecule has 0 radical (unpaired) electrons. The van der Waals surface area contributed by atoms with Crippen molar-refractivity contribution >= 4 is 75.1 Å². The molecule has 0 unspecified atom stereocenters. The van der Waals surface area contributed by atoms with Gasteiger partial charge in [-0.15, -0.1) is 11.3 Å². The number of fused-ring (bicyclic) bond motifs is 10. The van der Waals surface area contributed by atoms with Crippen LogP contribution in [0.2, 0.25) is 0 Å². The van der Waals surface area contributed by atoms with Crippen molar-refractivity contribution in [2.45, 2.75) is 0 Å². The normalized spacial score (nSPS) is 11.8. The third-order valence-electron chi connectivity index (χ3n) is 10.1. The van der Waals surface area contributed by atoms with Gasteiger partial charge in [0.15, 0.2) is 5.82 Å². The van der Waals surface area contributed by atoms with Crippen molar-refractivity contribution < 1.29 is 4.42 Å². The van der Waals surface area contributed by atoms with Gasteiger partial charge in [-0.3, -0.25) is 0 Å². The fourth-order valence-corrected chi connectivity index (χ4v) is 8.74. The zero-order valence-electron chi connectivity index (χ0n) is 27.7. The van der Waals surface area contributed by atoms with Gasteiger partial charge in [0.05, 0.1) is 22.6 Å². The summed E-state index contributed by atoms with van der Waals surface area (Å²) in [5, 5.41) is 8.19. The molecule has 0 aliphatic heterocycles. The number of nitrogens with zero attached hydrogens (tertiary/aromatic N) is 3. The van der Waals surface area contributed by atoms with Gasteiger partial charge in [0, 0.05) is 69.4 Å². The minimum absolute atomic E-state index is 0.673. The summed E-state index contributed by atoms with van der Waals surface area (Å²) in [4.78, 5) is 15.6. The Morgan fingerprint density at radius 1 is 0.385 bits per heavy atom. The molecule has 11 aromatic rings. The maximum atomic E-state index is 6.28. The Balaban J connectivity index is 1.18. The van der Waals surface area contributed by atoms with Crippen LogP contribution >= 0.6 is 11.3 Å². The second kappa shape index (κ2) is 11.4. The van der Waals surface area contributed by atoms with E-state index in [-0.39, 0.29) is 0 Å².